The van der Waals surface area contributed by atoms with Crippen molar-refractivity contribution in [3.05, 3.63) is 35.9 Å². The van der Waals surface area contributed by atoms with Gasteiger partial charge < -0.3 is 10.2 Å². The summed E-state index contributed by atoms with van der Waals surface area (Å²) < 4.78 is 0. The molecule has 1 aromatic rings. The van der Waals surface area contributed by atoms with Crippen molar-refractivity contribution in [3.63, 3.8) is 0 Å². The molecule has 2 aliphatic rings. The maximum Gasteiger partial charge on any atom is 0.223 e. The highest BCUT2D eigenvalue weighted by atomic mass is 16.1. The van der Waals surface area contributed by atoms with E-state index in [0.717, 1.165) is 78.2 Å². The lowest BCUT2D eigenvalue weighted by molar-refractivity contribution is -0.126. The predicted octanol–water partition coefficient (Wildman–Crippen LogP) is 1.66. The summed E-state index contributed by atoms with van der Waals surface area (Å²) >= 11 is 0. The summed E-state index contributed by atoms with van der Waals surface area (Å²) in [7, 11) is 0. The summed E-state index contributed by atoms with van der Waals surface area (Å²) in [5.74, 6) is 3.08. The number of hydrogen-bond donors (Lipinski definition) is 1. The van der Waals surface area contributed by atoms with Crippen molar-refractivity contribution in [1.82, 2.24) is 20.0 Å². The van der Waals surface area contributed by atoms with E-state index in [2.05, 4.69) is 56.3 Å². The van der Waals surface area contributed by atoms with E-state index in [1.165, 1.54) is 5.56 Å². The van der Waals surface area contributed by atoms with Gasteiger partial charge in [0.1, 0.15) is 0 Å². The molecule has 0 spiro atoms. The van der Waals surface area contributed by atoms with E-state index < -0.39 is 0 Å². The van der Waals surface area contributed by atoms with Crippen molar-refractivity contribution in [2.45, 2.75) is 25.8 Å². The van der Waals surface area contributed by atoms with Crippen molar-refractivity contribution in [2.24, 2.45) is 5.92 Å². The van der Waals surface area contributed by atoms with Gasteiger partial charge in [-0.1, -0.05) is 36.3 Å². The Bertz CT molecular complexity index is 626. The van der Waals surface area contributed by atoms with Gasteiger partial charge in [0, 0.05) is 45.2 Å². The molecule has 0 unspecified atom stereocenters. The first-order chi connectivity index (χ1) is 13.7. The number of carbonyl (C=O) groups is 1. The van der Waals surface area contributed by atoms with Crippen molar-refractivity contribution >= 4 is 5.91 Å². The molecule has 5 nitrogen and oxygen atoms in total. The monoisotopic (exact) mass is 382 g/mol. The van der Waals surface area contributed by atoms with Gasteiger partial charge >= 0.3 is 0 Å². The standard InChI is InChI=1S/C23H34N4O/c1-2-12-25-14-9-22(10-15-25)23(28)24-11-6-13-26-16-18-27(19-17-26)20-21-7-4-3-5-8-21/h1,3-5,7-8,22H,6,9-20H2,(H,24,28). The number of carbonyl (C=O) groups excluding carboxylic acids is 1. The number of amides is 1. The second-order valence-electron chi connectivity index (χ2n) is 8.00. The third-order valence-corrected chi connectivity index (χ3v) is 5.94. The van der Waals surface area contributed by atoms with Crippen LogP contribution in [0.15, 0.2) is 30.3 Å². The fourth-order valence-corrected chi connectivity index (χ4v) is 4.15. The van der Waals surface area contributed by atoms with Crippen molar-refractivity contribution in [3.8, 4) is 12.3 Å². The molecule has 2 saturated heterocycles. The van der Waals surface area contributed by atoms with Gasteiger partial charge in [0.25, 0.3) is 0 Å². The first-order valence-electron chi connectivity index (χ1n) is 10.7. The number of nitrogens with one attached hydrogen (secondary N) is 1. The zero-order valence-corrected chi connectivity index (χ0v) is 17.0. The zero-order chi connectivity index (χ0) is 19.6. The summed E-state index contributed by atoms with van der Waals surface area (Å²) in [6, 6.07) is 10.7. The number of benzene rings is 1. The molecular weight excluding hydrogens is 348 g/mol. The Balaban J connectivity index is 1.24. The quantitative estimate of drug-likeness (QED) is 0.548. The van der Waals surface area contributed by atoms with E-state index in [0.29, 0.717) is 6.54 Å². The van der Waals surface area contributed by atoms with Crippen LogP contribution in [-0.4, -0.2) is 79.5 Å². The Labute approximate surface area is 170 Å². The van der Waals surface area contributed by atoms with Gasteiger partial charge in [0.15, 0.2) is 0 Å². The topological polar surface area (TPSA) is 38.8 Å². The lowest BCUT2D eigenvalue weighted by atomic mass is 9.96. The molecule has 152 valence electrons. The van der Waals surface area contributed by atoms with Gasteiger partial charge in [-0.2, -0.15) is 0 Å². The van der Waals surface area contributed by atoms with Gasteiger partial charge in [-0.3, -0.25) is 14.6 Å². The maximum atomic E-state index is 12.3. The fourth-order valence-electron chi connectivity index (χ4n) is 4.15. The number of nitrogens with zero attached hydrogens (tertiary/aromatic N) is 3. The van der Waals surface area contributed by atoms with E-state index in [1.807, 2.05) is 0 Å². The second kappa shape index (κ2) is 11.2. The van der Waals surface area contributed by atoms with Gasteiger partial charge in [-0.25, -0.2) is 0 Å². The predicted molar refractivity (Wildman–Crippen MR) is 114 cm³/mol. The van der Waals surface area contributed by atoms with Crippen LogP contribution < -0.4 is 5.32 Å². The summed E-state index contributed by atoms with van der Waals surface area (Å²) in [5, 5.41) is 3.15. The summed E-state index contributed by atoms with van der Waals surface area (Å²) in [4.78, 5) is 19.6. The molecule has 2 fully saturated rings. The highest BCUT2D eigenvalue weighted by molar-refractivity contribution is 5.78. The van der Waals surface area contributed by atoms with E-state index in [9.17, 15) is 4.79 Å². The van der Waals surface area contributed by atoms with Crippen molar-refractivity contribution < 1.29 is 4.79 Å². The SMILES string of the molecule is C#CCN1CCC(C(=O)NCCCN2CCN(Cc3ccccc3)CC2)CC1. The average molecular weight is 383 g/mol. The molecule has 5 heteroatoms. The molecule has 0 bridgehead atoms. The minimum atomic E-state index is 0.163. The van der Waals surface area contributed by atoms with E-state index in [4.69, 9.17) is 6.42 Å². The molecule has 0 saturated carbocycles. The fraction of sp³-hybridized carbons (Fsp3) is 0.609. The number of rotatable bonds is 8. The highest BCUT2D eigenvalue weighted by Gasteiger charge is 2.24. The van der Waals surface area contributed by atoms with E-state index in [1.54, 1.807) is 0 Å². The molecule has 0 aliphatic carbocycles. The van der Waals surface area contributed by atoms with Crippen LogP contribution in [0, 0.1) is 18.3 Å². The first-order valence-corrected chi connectivity index (χ1v) is 10.7. The van der Waals surface area contributed by atoms with Gasteiger partial charge in [0.2, 0.25) is 5.91 Å². The Kier molecular flexibility index (Phi) is 8.35. The minimum Gasteiger partial charge on any atom is -0.356 e. The molecule has 0 aromatic heterocycles. The number of terminal acetylenes is 1. The molecule has 0 radical (unpaired) electrons. The summed E-state index contributed by atoms with van der Waals surface area (Å²) in [6.07, 6.45) is 8.24. The minimum absolute atomic E-state index is 0.163. The summed E-state index contributed by atoms with van der Waals surface area (Å²) in [5.41, 5.74) is 1.39. The van der Waals surface area contributed by atoms with Crippen LogP contribution in [0.1, 0.15) is 24.8 Å². The van der Waals surface area contributed by atoms with Crippen LogP contribution in [0.4, 0.5) is 0 Å². The van der Waals surface area contributed by atoms with Gasteiger partial charge in [0.05, 0.1) is 6.54 Å². The van der Waals surface area contributed by atoms with Crippen LogP contribution >= 0.6 is 0 Å². The van der Waals surface area contributed by atoms with Crippen LogP contribution in [0.25, 0.3) is 0 Å². The first kappa shape index (κ1) is 20.9. The molecule has 2 aliphatic heterocycles. The largest absolute Gasteiger partial charge is 0.356 e. The smallest absolute Gasteiger partial charge is 0.223 e. The van der Waals surface area contributed by atoms with Crippen molar-refractivity contribution in [1.29, 1.82) is 0 Å². The average Bonchev–Trinajstić information content (AvgIpc) is 2.74. The molecule has 2 heterocycles. The van der Waals surface area contributed by atoms with Crippen LogP contribution in [0.5, 0.6) is 0 Å². The molecule has 0 atom stereocenters. The van der Waals surface area contributed by atoms with Crippen LogP contribution in [-0.2, 0) is 11.3 Å². The van der Waals surface area contributed by atoms with Crippen molar-refractivity contribution in [2.75, 3.05) is 58.9 Å². The van der Waals surface area contributed by atoms with Crippen LogP contribution in [0.2, 0.25) is 0 Å². The van der Waals surface area contributed by atoms with Gasteiger partial charge in [-0.15, -0.1) is 6.42 Å². The molecule has 1 N–H and O–H groups in total. The van der Waals surface area contributed by atoms with E-state index >= 15 is 0 Å². The second-order valence-corrected chi connectivity index (χ2v) is 8.00. The number of hydrogen-bond acceptors (Lipinski definition) is 4. The van der Waals surface area contributed by atoms with Gasteiger partial charge in [-0.05, 0) is 44.5 Å². The Hall–Kier alpha value is -1.87. The number of piperazine rings is 1. The number of likely N-dealkylation sites (tertiary alicyclic amines) is 1. The molecule has 28 heavy (non-hydrogen) atoms. The third kappa shape index (κ3) is 6.63. The Morgan fingerprint density at radius 2 is 1.68 bits per heavy atom. The molecule has 3 rings (SSSR count). The highest BCUT2D eigenvalue weighted by Crippen LogP contribution is 2.17. The Morgan fingerprint density at radius 1 is 1.00 bits per heavy atom. The Morgan fingerprint density at radius 3 is 2.36 bits per heavy atom. The number of piperidine rings is 1. The zero-order valence-electron chi connectivity index (χ0n) is 17.0. The molecule has 1 aromatic carbocycles. The molecular formula is C23H34N4O. The lowest BCUT2D eigenvalue weighted by Gasteiger charge is -2.34. The van der Waals surface area contributed by atoms with Crippen LogP contribution in [0.3, 0.4) is 0 Å². The van der Waals surface area contributed by atoms with E-state index in [-0.39, 0.29) is 11.8 Å². The summed E-state index contributed by atoms with van der Waals surface area (Å²) in [6.45, 7) is 9.97. The maximum absolute atomic E-state index is 12.3. The normalized spacial score (nSPS) is 20.0. The third-order valence-electron chi connectivity index (χ3n) is 5.94. The lowest BCUT2D eigenvalue weighted by Crippen LogP contribution is -2.46. The molecule has 1 amide bonds.